The molecule has 0 aliphatic rings. The summed E-state index contributed by atoms with van der Waals surface area (Å²) in [5, 5.41) is 6.12. The van der Waals surface area contributed by atoms with Crippen LogP contribution in [0, 0.1) is 0 Å². The highest BCUT2D eigenvalue weighted by atomic mass is 32.1. The maximum Gasteiger partial charge on any atom is 0.0814 e. The standard InChI is InChI=1S/C23H25N3S/c1-17(25-14-19-6-8-21-15-24-11-10-20(21)12-19)4-2-3-5-18-7-9-23-22(13-18)26-16-27-23/h6-13,15-17,25H,2-5,14H2,1H3/t17-/m1/s1. The molecule has 3 nitrogen and oxygen atoms in total. The van der Waals surface area contributed by atoms with Crippen molar-refractivity contribution in [1.29, 1.82) is 0 Å². The van der Waals surface area contributed by atoms with E-state index in [1.54, 1.807) is 11.3 Å². The second kappa shape index (κ2) is 8.59. The number of hydrogen-bond acceptors (Lipinski definition) is 4. The Labute approximate surface area is 164 Å². The van der Waals surface area contributed by atoms with E-state index >= 15 is 0 Å². The summed E-state index contributed by atoms with van der Waals surface area (Å²) in [6, 6.07) is 15.9. The summed E-state index contributed by atoms with van der Waals surface area (Å²) in [4.78, 5) is 8.59. The molecule has 2 aromatic carbocycles. The molecule has 2 heterocycles. The minimum atomic E-state index is 0.527. The van der Waals surface area contributed by atoms with Crippen molar-refractivity contribution in [2.45, 2.75) is 45.2 Å². The van der Waals surface area contributed by atoms with Crippen molar-refractivity contribution in [3.8, 4) is 0 Å². The number of benzene rings is 2. The summed E-state index contributed by atoms with van der Waals surface area (Å²) in [5.74, 6) is 0. The molecule has 4 aromatic rings. The Balaban J connectivity index is 1.20. The number of rotatable bonds is 8. The average molecular weight is 376 g/mol. The number of unbranched alkanes of at least 4 members (excludes halogenated alkanes) is 1. The third-order valence-electron chi connectivity index (χ3n) is 5.11. The number of hydrogen-bond donors (Lipinski definition) is 1. The van der Waals surface area contributed by atoms with E-state index in [1.807, 2.05) is 17.9 Å². The minimum Gasteiger partial charge on any atom is -0.310 e. The highest BCUT2D eigenvalue weighted by molar-refractivity contribution is 7.16. The first-order chi connectivity index (χ1) is 13.3. The first-order valence-electron chi connectivity index (χ1n) is 9.66. The van der Waals surface area contributed by atoms with Crippen molar-refractivity contribution >= 4 is 32.3 Å². The van der Waals surface area contributed by atoms with Crippen LogP contribution in [0.25, 0.3) is 21.0 Å². The lowest BCUT2D eigenvalue weighted by molar-refractivity contribution is 0.489. The summed E-state index contributed by atoms with van der Waals surface area (Å²) in [7, 11) is 0. The van der Waals surface area contributed by atoms with Crippen molar-refractivity contribution < 1.29 is 0 Å². The van der Waals surface area contributed by atoms with E-state index in [1.165, 1.54) is 45.9 Å². The summed E-state index contributed by atoms with van der Waals surface area (Å²) < 4.78 is 1.28. The van der Waals surface area contributed by atoms with E-state index in [2.05, 4.69) is 64.7 Å². The van der Waals surface area contributed by atoms with Crippen LogP contribution in [-0.4, -0.2) is 16.0 Å². The van der Waals surface area contributed by atoms with Crippen molar-refractivity contribution in [3.05, 3.63) is 71.5 Å². The van der Waals surface area contributed by atoms with E-state index < -0.39 is 0 Å². The summed E-state index contributed by atoms with van der Waals surface area (Å²) in [5.41, 5.74) is 5.80. The maximum absolute atomic E-state index is 4.41. The van der Waals surface area contributed by atoms with Gasteiger partial charge in [-0.15, -0.1) is 11.3 Å². The first-order valence-corrected chi connectivity index (χ1v) is 10.5. The molecule has 0 bridgehead atoms. The Morgan fingerprint density at radius 2 is 1.93 bits per heavy atom. The van der Waals surface area contributed by atoms with Crippen LogP contribution in [0.3, 0.4) is 0 Å². The van der Waals surface area contributed by atoms with Gasteiger partial charge >= 0.3 is 0 Å². The van der Waals surface area contributed by atoms with E-state index in [-0.39, 0.29) is 0 Å². The van der Waals surface area contributed by atoms with Crippen LogP contribution in [0.15, 0.2) is 60.4 Å². The second-order valence-corrected chi connectivity index (χ2v) is 8.13. The van der Waals surface area contributed by atoms with Gasteiger partial charge in [-0.3, -0.25) is 4.98 Å². The van der Waals surface area contributed by atoms with E-state index in [4.69, 9.17) is 0 Å². The molecular weight excluding hydrogens is 350 g/mol. The molecule has 1 atom stereocenters. The highest BCUT2D eigenvalue weighted by Gasteiger charge is 2.04. The summed E-state index contributed by atoms with van der Waals surface area (Å²) >= 11 is 1.71. The van der Waals surface area contributed by atoms with Gasteiger partial charge in [0.1, 0.15) is 0 Å². The van der Waals surface area contributed by atoms with Crippen LogP contribution in [0.4, 0.5) is 0 Å². The predicted octanol–water partition coefficient (Wildman–Crippen LogP) is 5.74. The molecule has 0 aliphatic carbocycles. The van der Waals surface area contributed by atoms with Gasteiger partial charge in [-0.25, -0.2) is 4.98 Å². The van der Waals surface area contributed by atoms with Gasteiger partial charge in [0.15, 0.2) is 0 Å². The van der Waals surface area contributed by atoms with Gasteiger partial charge in [0.2, 0.25) is 0 Å². The molecule has 0 unspecified atom stereocenters. The fraction of sp³-hybridized carbons (Fsp3) is 0.304. The lowest BCUT2D eigenvalue weighted by Crippen LogP contribution is -2.25. The number of fused-ring (bicyclic) bond motifs is 2. The molecule has 0 spiro atoms. The lowest BCUT2D eigenvalue weighted by atomic mass is 10.0. The topological polar surface area (TPSA) is 37.8 Å². The fourth-order valence-corrected chi connectivity index (χ4v) is 4.13. The molecule has 0 amide bonds. The minimum absolute atomic E-state index is 0.527. The molecule has 0 saturated carbocycles. The molecular formula is C23H25N3S. The number of nitrogens with one attached hydrogen (secondary N) is 1. The average Bonchev–Trinajstić information content (AvgIpc) is 3.17. The lowest BCUT2D eigenvalue weighted by Gasteiger charge is -2.14. The SMILES string of the molecule is C[C@H](CCCCc1ccc2scnc2c1)NCc1ccc2cnccc2c1. The quantitative estimate of drug-likeness (QED) is 0.399. The van der Waals surface area contributed by atoms with Gasteiger partial charge in [0.25, 0.3) is 0 Å². The number of aromatic nitrogens is 2. The Bertz CT molecular complexity index is 1020. The van der Waals surface area contributed by atoms with E-state index in [0.29, 0.717) is 6.04 Å². The number of aryl methyl sites for hydroxylation is 1. The van der Waals surface area contributed by atoms with E-state index in [9.17, 15) is 0 Å². The van der Waals surface area contributed by atoms with Gasteiger partial charge in [-0.1, -0.05) is 24.6 Å². The molecule has 0 fully saturated rings. The summed E-state index contributed by atoms with van der Waals surface area (Å²) in [6.07, 6.45) is 8.59. The number of nitrogens with zero attached hydrogens (tertiary/aromatic N) is 2. The molecule has 27 heavy (non-hydrogen) atoms. The second-order valence-electron chi connectivity index (χ2n) is 7.24. The first kappa shape index (κ1) is 18.1. The van der Waals surface area contributed by atoms with Gasteiger partial charge in [-0.2, -0.15) is 0 Å². The normalized spacial score (nSPS) is 12.6. The molecule has 0 aliphatic heterocycles. The smallest absolute Gasteiger partial charge is 0.0814 e. The zero-order chi connectivity index (χ0) is 18.5. The highest BCUT2D eigenvalue weighted by Crippen LogP contribution is 2.20. The van der Waals surface area contributed by atoms with E-state index in [0.717, 1.165) is 18.5 Å². The van der Waals surface area contributed by atoms with Crippen molar-refractivity contribution in [2.24, 2.45) is 0 Å². The van der Waals surface area contributed by atoms with Crippen LogP contribution in [0.1, 0.15) is 37.3 Å². The largest absolute Gasteiger partial charge is 0.310 e. The molecule has 0 saturated heterocycles. The van der Waals surface area contributed by atoms with Gasteiger partial charge in [0.05, 0.1) is 15.7 Å². The van der Waals surface area contributed by atoms with Gasteiger partial charge in [-0.05, 0) is 67.0 Å². The monoisotopic (exact) mass is 375 g/mol. The van der Waals surface area contributed by atoms with Crippen molar-refractivity contribution in [1.82, 2.24) is 15.3 Å². The Kier molecular flexibility index (Phi) is 5.75. The third kappa shape index (κ3) is 4.71. The summed E-state index contributed by atoms with van der Waals surface area (Å²) in [6.45, 7) is 3.20. The van der Waals surface area contributed by atoms with Crippen LogP contribution in [-0.2, 0) is 13.0 Å². The predicted molar refractivity (Wildman–Crippen MR) is 115 cm³/mol. The van der Waals surface area contributed by atoms with Crippen LogP contribution >= 0.6 is 11.3 Å². The Hall–Kier alpha value is -2.30. The molecule has 138 valence electrons. The Morgan fingerprint density at radius 1 is 1.00 bits per heavy atom. The van der Waals surface area contributed by atoms with Crippen LogP contribution in [0.5, 0.6) is 0 Å². The molecule has 2 aromatic heterocycles. The number of pyridine rings is 1. The molecule has 1 N–H and O–H groups in total. The van der Waals surface area contributed by atoms with Crippen molar-refractivity contribution in [2.75, 3.05) is 0 Å². The molecule has 0 radical (unpaired) electrons. The Morgan fingerprint density at radius 3 is 2.89 bits per heavy atom. The fourth-order valence-electron chi connectivity index (χ4n) is 3.48. The maximum atomic E-state index is 4.41. The number of thiazole rings is 1. The molecule has 4 rings (SSSR count). The van der Waals surface area contributed by atoms with Gasteiger partial charge < -0.3 is 5.32 Å². The zero-order valence-corrected chi connectivity index (χ0v) is 16.5. The third-order valence-corrected chi connectivity index (χ3v) is 5.92. The van der Waals surface area contributed by atoms with Crippen LogP contribution in [0.2, 0.25) is 0 Å². The van der Waals surface area contributed by atoms with Gasteiger partial charge in [0, 0.05) is 30.4 Å². The van der Waals surface area contributed by atoms with Crippen LogP contribution < -0.4 is 5.32 Å². The zero-order valence-electron chi connectivity index (χ0n) is 15.7. The molecule has 4 heteroatoms. The van der Waals surface area contributed by atoms with Crippen molar-refractivity contribution in [3.63, 3.8) is 0 Å².